The second-order valence-corrected chi connectivity index (χ2v) is 7.41. The molecule has 0 unspecified atom stereocenters. The Morgan fingerprint density at radius 2 is 1.93 bits per heavy atom. The van der Waals surface area contributed by atoms with Crippen LogP contribution < -0.4 is 5.32 Å². The Morgan fingerprint density at radius 1 is 1.25 bits per heavy atom. The van der Waals surface area contributed by atoms with Crippen LogP contribution in [0.15, 0.2) is 42.7 Å². The second-order valence-electron chi connectivity index (χ2n) is 7.41. The third-order valence-electron chi connectivity index (χ3n) is 4.53. The van der Waals surface area contributed by atoms with Gasteiger partial charge in [0.2, 0.25) is 11.9 Å². The molecule has 28 heavy (non-hydrogen) atoms. The molecule has 1 fully saturated rings. The third kappa shape index (κ3) is 4.07. The molecule has 1 aromatic heterocycles. The van der Waals surface area contributed by atoms with Gasteiger partial charge in [0.1, 0.15) is 0 Å². The SMILES string of the molecule is CC(=O)O[C@@H]1OC(C)(C)O[C@@]1(C)C(=O)N[C@H](C)c1ccc(-n2cccn2)cc1. The maximum Gasteiger partial charge on any atom is 0.305 e. The van der Waals surface area contributed by atoms with Gasteiger partial charge in [0.05, 0.1) is 11.7 Å². The number of hydrogen-bond acceptors (Lipinski definition) is 6. The molecule has 0 bridgehead atoms. The summed E-state index contributed by atoms with van der Waals surface area (Å²) < 4.78 is 18.3. The van der Waals surface area contributed by atoms with E-state index >= 15 is 0 Å². The molecule has 1 saturated heterocycles. The van der Waals surface area contributed by atoms with Crippen LogP contribution >= 0.6 is 0 Å². The Labute approximate surface area is 163 Å². The lowest BCUT2D eigenvalue weighted by Gasteiger charge is -2.28. The first-order valence-corrected chi connectivity index (χ1v) is 9.07. The first kappa shape index (κ1) is 20.0. The lowest BCUT2D eigenvalue weighted by molar-refractivity contribution is -0.196. The third-order valence-corrected chi connectivity index (χ3v) is 4.53. The molecule has 8 heteroatoms. The summed E-state index contributed by atoms with van der Waals surface area (Å²) in [4.78, 5) is 24.4. The number of rotatable bonds is 5. The summed E-state index contributed by atoms with van der Waals surface area (Å²) in [5.74, 6) is -2.03. The van der Waals surface area contributed by atoms with E-state index in [1.807, 2.05) is 43.5 Å². The molecule has 150 valence electrons. The average molecular weight is 387 g/mol. The van der Waals surface area contributed by atoms with Gasteiger partial charge in [-0.3, -0.25) is 9.59 Å². The molecule has 1 aliphatic rings. The van der Waals surface area contributed by atoms with E-state index in [0.29, 0.717) is 0 Å². The van der Waals surface area contributed by atoms with E-state index in [1.165, 1.54) is 6.92 Å². The van der Waals surface area contributed by atoms with Crippen molar-refractivity contribution in [1.29, 1.82) is 0 Å². The van der Waals surface area contributed by atoms with Gasteiger partial charge in [-0.25, -0.2) is 4.68 Å². The van der Waals surface area contributed by atoms with Crippen LogP contribution in [0.5, 0.6) is 0 Å². The van der Waals surface area contributed by atoms with Crippen molar-refractivity contribution in [2.75, 3.05) is 0 Å². The van der Waals surface area contributed by atoms with Gasteiger partial charge < -0.3 is 19.5 Å². The van der Waals surface area contributed by atoms with Gasteiger partial charge in [-0.15, -0.1) is 0 Å². The number of aromatic nitrogens is 2. The van der Waals surface area contributed by atoms with Crippen LogP contribution in [0.25, 0.3) is 5.69 Å². The van der Waals surface area contributed by atoms with Gasteiger partial charge in [0.25, 0.3) is 5.91 Å². The Kier molecular flexibility index (Phi) is 5.27. The van der Waals surface area contributed by atoms with Crippen molar-refractivity contribution < 1.29 is 23.8 Å². The van der Waals surface area contributed by atoms with E-state index in [-0.39, 0.29) is 6.04 Å². The number of amides is 1. The highest BCUT2D eigenvalue weighted by Crippen LogP contribution is 2.37. The molecule has 3 atom stereocenters. The maximum atomic E-state index is 13.0. The standard InChI is InChI=1S/C20H25N3O5/c1-13(15-7-9-16(10-8-15)23-12-6-11-21-23)22-17(25)20(5)18(26-14(2)24)27-19(3,4)28-20/h6-13,18H,1-5H3,(H,22,25)/t13-,18-,20+/m1/s1. The van der Waals surface area contributed by atoms with Crippen molar-refractivity contribution in [2.24, 2.45) is 0 Å². The summed E-state index contributed by atoms with van der Waals surface area (Å²) in [6.07, 6.45) is 2.44. The lowest BCUT2D eigenvalue weighted by atomic mass is 10.0. The fourth-order valence-electron chi connectivity index (χ4n) is 3.15. The lowest BCUT2D eigenvalue weighted by Crippen LogP contribution is -2.53. The monoisotopic (exact) mass is 387 g/mol. The fraction of sp³-hybridized carbons (Fsp3) is 0.450. The van der Waals surface area contributed by atoms with E-state index in [4.69, 9.17) is 14.2 Å². The Hall–Kier alpha value is -2.71. The summed E-state index contributed by atoms with van der Waals surface area (Å²) in [6.45, 7) is 8.01. The number of nitrogens with zero attached hydrogens (tertiary/aromatic N) is 2. The van der Waals surface area contributed by atoms with E-state index < -0.39 is 29.6 Å². The number of nitrogens with one attached hydrogen (secondary N) is 1. The first-order valence-electron chi connectivity index (χ1n) is 9.07. The highest BCUT2D eigenvalue weighted by Gasteiger charge is 2.57. The van der Waals surface area contributed by atoms with Crippen molar-refractivity contribution in [3.8, 4) is 5.69 Å². The molecule has 0 saturated carbocycles. The highest BCUT2D eigenvalue weighted by atomic mass is 16.8. The normalized spacial score (nSPS) is 24.5. The number of esters is 1. The van der Waals surface area contributed by atoms with Crippen LogP contribution in [0.3, 0.4) is 0 Å². The van der Waals surface area contributed by atoms with E-state index in [0.717, 1.165) is 11.3 Å². The minimum Gasteiger partial charge on any atom is -0.432 e. The van der Waals surface area contributed by atoms with Crippen LogP contribution in [-0.4, -0.2) is 39.3 Å². The average Bonchev–Trinajstić information content (AvgIpc) is 3.21. The molecule has 0 spiro atoms. The Balaban J connectivity index is 1.73. The second kappa shape index (κ2) is 7.37. The van der Waals surface area contributed by atoms with E-state index in [2.05, 4.69) is 10.4 Å². The van der Waals surface area contributed by atoms with E-state index in [1.54, 1.807) is 31.6 Å². The minimum absolute atomic E-state index is 0.290. The number of carbonyl (C=O) groups excluding carboxylic acids is 2. The zero-order valence-electron chi connectivity index (χ0n) is 16.6. The van der Waals surface area contributed by atoms with Gasteiger partial charge in [0, 0.05) is 19.3 Å². The molecule has 1 N–H and O–H groups in total. The summed E-state index contributed by atoms with van der Waals surface area (Å²) >= 11 is 0. The van der Waals surface area contributed by atoms with Gasteiger partial charge in [-0.2, -0.15) is 5.10 Å². The molecule has 2 aromatic rings. The van der Waals surface area contributed by atoms with Gasteiger partial charge in [-0.05, 0) is 51.5 Å². The van der Waals surface area contributed by atoms with Crippen molar-refractivity contribution in [3.05, 3.63) is 48.3 Å². The van der Waals surface area contributed by atoms with Crippen molar-refractivity contribution >= 4 is 11.9 Å². The molecule has 0 aliphatic carbocycles. The topological polar surface area (TPSA) is 91.7 Å². The first-order chi connectivity index (χ1) is 13.1. The molecular weight excluding hydrogens is 362 g/mol. The van der Waals surface area contributed by atoms with Gasteiger partial charge >= 0.3 is 5.97 Å². The molecule has 2 heterocycles. The quantitative estimate of drug-likeness (QED) is 0.793. The number of hydrogen-bond donors (Lipinski definition) is 1. The molecule has 0 radical (unpaired) electrons. The summed E-state index contributed by atoms with van der Waals surface area (Å²) in [5.41, 5.74) is 0.372. The van der Waals surface area contributed by atoms with Crippen LogP contribution in [-0.2, 0) is 23.8 Å². The van der Waals surface area contributed by atoms with Gasteiger partial charge in [-0.1, -0.05) is 12.1 Å². The van der Waals surface area contributed by atoms with Crippen molar-refractivity contribution in [2.45, 2.75) is 58.3 Å². The highest BCUT2D eigenvalue weighted by molar-refractivity contribution is 5.86. The summed E-state index contributed by atoms with van der Waals surface area (Å²) in [5, 5.41) is 7.11. The number of carbonyl (C=O) groups is 2. The van der Waals surface area contributed by atoms with Crippen LogP contribution in [0, 0.1) is 0 Å². The molecule has 8 nitrogen and oxygen atoms in total. The minimum atomic E-state index is -1.46. The van der Waals surface area contributed by atoms with Crippen LogP contribution in [0.4, 0.5) is 0 Å². The zero-order chi connectivity index (χ0) is 20.5. The Bertz CT molecular complexity index is 847. The van der Waals surface area contributed by atoms with Crippen LogP contribution in [0.1, 0.15) is 46.2 Å². The van der Waals surface area contributed by atoms with Crippen molar-refractivity contribution in [3.63, 3.8) is 0 Å². The van der Waals surface area contributed by atoms with Gasteiger partial charge in [0.15, 0.2) is 5.79 Å². The smallest absolute Gasteiger partial charge is 0.305 e. The maximum absolute atomic E-state index is 13.0. The molecule has 1 aliphatic heterocycles. The fourth-order valence-corrected chi connectivity index (χ4v) is 3.15. The molecule has 1 amide bonds. The summed E-state index contributed by atoms with van der Waals surface area (Å²) in [6, 6.07) is 9.25. The zero-order valence-corrected chi connectivity index (χ0v) is 16.6. The largest absolute Gasteiger partial charge is 0.432 e. The number of benzene rings is 1. The predicted molar refractivity (Wildman–Crippen MR) is 100 cm³/mol. The molecule has 3 rings (SSSR count). The molecular formula is C20H25N3O5. The summed E-state index contributed by atoms with van der Waals surface area (Å²) in [7, 11) is 0. The predicted octanol–water partition coefficient (Wildman–Crippen LogP) is 2.48. The van der Waals surface area contributed by atoms with E-state index in [9.17, 15) is 9.59 Å². The van der Waals surface area contributed by atoms with Crippen LogP contribution in [0.2, 0.25) is 0 Å². The molecule has 1 aromatic carbocycles. The number of ether oxygens (including phenoxy) is 3. The van der Waals surface area contributed by atoms with Crippen molar-refractivity contribution in [1.82, 2.24) is 15.1 Å². The Morgan fingerprint density at radius 3 is 2.50 bits per heavy atom.